The van der Waals surface area contributed by atoms with E-state index >= 15 is 0 Å². The highest BCUT2D eigenvalue weighted by atomic mass is 16.6. The van der Waals surface area contributed by atoms with Crippen LogP contribution in [0.1, 0.15) is 33.6 Å². The van der Waals surface area contributed by atoms with Crippen molar-refractivity contribution in [1.82, 2.24) is 0 Å². The quantitative estimate of drug-likeness (QED) is 0.753. The number of ether oxygens (including phenoxy) is 2. The Labute approximate surface area is 86.9 Å². The maximum Gasteiger partial charge on any atom is 0.0959 e. The van der Waals surface area contributed by atoms with Gasteiger partial charge in [0.1, 0.15) is 0 Å². The summed E-state index contributed by atoms with van der Waals surface area (Å²) in [6.07, 6.45) is 2.25. The Hall–Kier alpha value is -0.120. The molecule has 0 aromatic heterocycles. The van der Waals surface area contributed by atoms with Crippen molar-refractivity contribution in [3.05, 3.63) is 0 Å². The van der Waals surface area contributed by atoms with Gasteiger partial charge in [0.15, 0.2) is 0 Å². The molecule has 0 radical (unpaired) electrons. The van der Waals surface area contributed by atoms with Crippen molar-refractivity contribution >= 4 is 0 Å². The van der Waals surface area contributed by atoms with Crippen molar-refractivity contribution in [2.45, 2.75) is 45.8 Å². The van der Waals surface area contributed by atoms with Crippen molar-refractivity contribution in [3.8, 4) is 0 Å². The first-order chi connectivity index (χ1) is 6.49. The molecule has 0 aliphatic carbocycles. The van der Waals surface area contributed by atoms with Gasteiger partial charge >= 0.3 is 0 Å². The van der Waals surface area contributed by atoms with E-state index in [9.17, 15) is 0 Å². The molecule has 1 heterocycles. The Kier molecular flexibility index (Phi) is 4.35. The normalized spacial score (nSPS) is 26.1. The second-order valence-electron chi connectivity index (χ2n) is 5.25. The summed E-state index contributed by atoms with van der Waals surface area (Å²) in [6.45, 7) is 8.76. The van der Waals surface area contributed by atoms with Crippen molar-refractivity contribution in [2.24, 2.45) is 11.1 Å². The molecule has 1 fully saturated rings. The van der Waals surface area contributed by atoms with Gasteiger partial charge in [-0.1, -0.05) is 20.8 Å². The zero-order valence-corrected chi connectivity index (χ0v) is 9.58. The van der Waals surface area contributed by atoms with Crippen molar-refractivity contribution in [1.29, 1.82) is 0 Å². The molecule has 1 aliphatic heterocycles. The molecule has 1 rings (SSSR count). The van der Waals surface area contributed by atoms with Crippen LogP contribution in [0.3, 0.4) is 0 Å². The molecule has 0 spiro atoms. The summed E-state index contributed by atoms with van der Waals surface area (Å²) < 4.78 is 10.9. The highest BCUT2D eigenvalue weighted by molar-refractivity contribution is 4.77. The Morgan fingerprint density at radius 1 is 1.36 bits per heavy atom. The Morgan fingerprint density at radius 3 is 2.57 bits per heavy atom. The van der Waals surface area contributed by atoms with E-state index in [2.05, 4.69) is 20.8 Å². The number of nitrogens with two attached hydrogens (primary N) is 1. The summed E-state index contributed by atoms with van der Waals surface area (Å²) in [5, 5.41) is 0. The molecule has 3 heteroatoms. The minimum atomic E-state index is 0.103. The standard InChI is InChI=1S/C11H23NO2/c1-11(2,3)5-4-9(12)10-8-13-6-7-14-10/h9-10H,4-8,12H2,1-3H3. The van der Waals surface area contributed by atoms with Crippen LogP contribution in [0, 0.1) is 5.41 Å². The minimum Gasteiger partial charge on any atom is -0.376 e. The molecule has 2 atom stereocenters. The Morgan fingerprint density at radius 2 is 2.07 bits per heavy atom. The van der Waals surface area contributed by atoms with Gasteiger partial charge in [-0.15, -0.1) is 0 Å². The lowest BCUT2D eigenvalue weighted by atomic mass is 9.88. The summed E-state index contributed by atoms with van der Waals surface area (Å²) >= 11 is 0. The number of hydrogen-bond acceptors (Lipinski definition) is 3. The molecule has 0 amide bonds. The van der Waals surface area contributed by atoms with Crippen LogP contribution in [-0.4, -0.2) is 32.0 Å². The fourth-order valence-corrected chi connectivity index (χ4v) is 1.54. The van der Waals surface area contributed by atoms with Crippen molar-refractivity contribution < 1.29 is 9.47 Å². The van der Waals surface area contributed by atoms with E-state index < -0.39 is 0 Å². The molecule has 1 aliphatic rings. The van der Waals surface area contributed by atoms with Crippen LogP contribution >= 0.6 is 0 Å². The van der Waals surface area contributed by atoms with E-state index in [0.717, 1.165) is 12.8 Å². The summed E-state index contributed by atoms with van der Waals surface area (Å²) in [7, 11) is 0. The first-order valence-corrected chi connectivity index (χ1v) is 5.44. The third-order valence-electron chi connectivity index (χ3n) is 2.55. The third-order valence-corrected chi connectivity index (χ3v) is 2.55. The van der Waals surface area contributed by atoms with Crippen LogP contribution in [0.2, 0.25) is 0 Å². The second kappa shape index (κ2) is 5.10. The summed E-state index contributed by atoms with van der Waals surface area (Å²) in [5.41, 5.74) is 6.40. The molecule has 0 aromatic carbocycles. The lowest BCUT2D eigenvalue weighted by Gasteiger charge is -2.29. The zero-order valence-electron chi connectivity index (χ0n) is 9.58. The van der Waals surface area contributed by atoms with Crippen LogP contribution in [0.15, 0.2) is 0 Å². The van der Waals surface area contributed by atoms with Crippen LogP contribution in [0.25, 0.3) is 0 Å². The van der Waals surface area contributed by atoms with Gasteiger partial charge in [-0.05, 0) is 18.3 Å². The van der Waals surface area contributed by atoms with Crippen LogP contribution in [0.5, 0.6) is 0 Å². The largest absolute Gasteiger partial charge is 0.376 e. The molecular formula is C11H23NO2. The zero-order chi connectivity index (χ0) is 10.6. The van der Waals surface area contributed by atoms with E-state index in [1.54, 1.807) is 0 Å². The lowest BCUT2D eigenvalue weighted by Crippen LogP contribution is -2.43. The molecular weight excluding hydrogens is 178 g/mol. The van der Waals surface area contributed by atoms with E-state index in [0.29, 0.717) is 25.2 Å². The van der Waals surface area contributed by atoms with Crippen LogP contribution < -0.4 is 5.73 Å². The molecule has 1 saturated heterocycles. The second-order valence-corrected chi connectivity index (χ2v) is 5.25. The summed E-state index contributed by atoms with van der Waals surface area (Å²) in [4.78, 5) is 0. The molecule has 84 valence electrons. The molecule has 3 nitrogen and oxygen atoms in total. The smallest absolute Gasteiger partial charge is 0.0959 e. The molecule has 2 N–H and O–H groups in total. The van der Waals surface area contributed by atoms with Gasteiger partial charge in [0.25, 0.3) is 0 Å². The first-order valence-electron chi connectivity index (χ1n) is 5.44. The van der Waals surface area contributed by atoms with E-state index in [1.807, 2.05) is 0 Å². The van der Waals surface area contributed by atoms with Crippen LogP contribution in [0.4, 0.5) is 0 Å². The van der Waals surface area contributed by atoms with Gasteiger partial charge in [-0.2, -0.15) is 0 Å². The van der Waals surface area contributed by atoms with Gasteiger partial charge in [0.05, 0.1) is 25.9 Å². The molecule has 14 heavy (non-hydrogen) atoms. The third kappa shape index (κ3) is 4.40. The molecule has 0 saturated carbocycles. The van der Waals surface area contributed by atoms with Gasteiger partial charge in [-0.3, -0.25) is 0 Å². The number of rotatable bonds is 3. The van der Waals surface area contributed by atoms with Crippen molar-refractivity contribution in [3.63, 3.8) is 0 Å². The number of hydrogen-bond donors (Lipinski definition) is 1. The van der Waals surface area contributed by atoms with Gasteiger partial charge in [0.2, 0.25) is 0 Å². The van der Waals surface area contributed by atoms with Crippen LogP contribution in [-0.2, 0) is 9.47 Å². The predicted molar refractivity (Wildman–Crippen MR) is 57.2 cm³/mol. The van der Waals surface area contributed by atoms with E-state index in [1.165, 1.54) is 0 Å². The van der Waals surface area contributed by atoms with Gasteiger partial charge < -0.3 is 15.2 Å². The van der Waals surface area contributed by atoms with E-state index in [-0.39, 0.29) is 12.1 Å². The monoisotopic (exact) mass is 201 g/mol. The highest BCUT2D eigenvalue weighted by Gasteiger charge is 2.23. The van der Waals surface area contributed by atoms with Crippen molar-refractivity contribution in [2.75, 3.05) is 19.8 Å². The predicted octanol–water partition coefficient (Wildman–Crippen LogP) is 1.56. The summed E-state index contributed by atoms with van der Waals surface area (Å²) in [5.74, 6) is 0. The molecule has 0 bridgehead atoms. The minimum absolute atomic E-state index is 0.103. The SMILES string of the molecule is CC(C)(C)CCC(N)C1COCCO1. The summed E-state index contributed by atoms with van der Waals surface area (Å²) in [6, 6.07) is 0.120. The average Bonchev–Trinajstić information content (AvgIpc) is 2.14. The fourth-order valence-electron chi connectivity index (χ4n) is 1.54. The Bertz CT molecular complexity index is 159. The first kappa shape index (κ1) is 12.0. The lowest BCUT2D eigenvalue weighted by molar-refractivity contribution is -0.0983. The van der Waals surface area contributed by atoms with E-state index in [4.69, 9.17) is 15.2 Å². The maximum absolute atomic E-state index is 6.05. The van der Waals surface area contributed by atoms with Gasteiger partial charge in [-0.25, -0.2) is 0 Å². The highest BCUT2D eigenvalue weighted by Crippen LogP contribution is 2.22. The topological polar surface area (TPSA) is 44.5 Å². The molecule has 2 unspecified atom stereocenters. The maximum atomic E-state index is 6.05. The Balaban J connectivity index is 2.23. The van der Waals surface area contributed by atoms with Gasteiger partial charge in [0, 0.05) is 6.04 Å². The fraction of sp³-hybridized carbons (Fsp3) is 1.00. The molecule has 0 aromatic rings. The average molecular weight is 201 g/mol.